The Kier molecular flexibility index (Phi) is 4.46. The molecule has 0 amide bonds. The fourth-order valence-corrected chi connectivity index (χ4v) is 4.69. The van der Waals surface area contributed by atoms with Gasteiger partial charge in [-0.05, 0) is 42.7 Å². The van der Waals surface area contributed by atoms with Crippen LogP contribution in [0, 0.1) is 0 Å². The van der Waals surface area contributed by atoms with Crippen LogP contribution in [0.2, 0.25) is 5.15 Å². The smallest absolute Gasteiger partial charge is 0.211 e. The van der Waals surface area contributed by atoms with E-state index in [0.29, 0.717) is 18.2 Å². The van der Waals surface area contributed by atoms with Gasteiger partial charge in [-0.3, -0.25) is 0 Å². The van der Waals surface area contributed by atoms with Crippen LogP contribution in [0.4, 0.5) is 0 Å². The van der Waals surface area contributed by atoms with E-state index < -0.39 is 10.0 Å². The van der Waals surface area contributed by atoms with E-state index in [1.54, 1.807) is 16.7 Å². The molecule has 136 valence electrons. The van der Waals surface area contributed by atoms with Crippen LogP contribution in [0.5, 0.6) is 0 Å². The van der Waals surface area contributed by atoms with Crippen molar-refractivity contribution in [1.29, 1.82) is 0 Å². The molecule has 0 spiro atoms. The molecule has 0 radical (unpaired) electrons. The van der Waals surface area contributed by atoms with E-state index >= 15 is 0 Å². The van der Waals surface area contributed by atoms with Gasteiger partial charge in [0.25, 0.3) is 0 Å². The van der Waals surface area contributed by atoms with Gasteiger partial charge < -0.3 is 4.57 Å². The van der Waals surface area contributed by atoms with Crippen molar-refractivity contribution in [3.8, 4) is 11.1 Å². The number of pyridine rings is 2. The van der Waals surface area contributed by atoms with E-state index in [2.05, 4.69) is 20.7 Å². The monoisotopic (exact) mass is 390 g/mol. The molecular formula is C18H19ClN4O2S. The summed E-state index contributed by atoms with van der Waals surface area (Å²) in [5, 5.41) is 1.46. The average molecular weight is 391 g/mol. The normalized spacial score (nSPS) is 19.1. The molecule has 0 aromatic carbocycles. The molecule has 4 heterocycles. The first-order valence-corrected chi connectivity index (χ1v) is 10.7. The summed E-state index contributed by atoms with van der Waals surface area (Å²) < 4.78 is 27.6. The highest BCUT2D eigenvalue weighted by molar-refractivity contribution is 7.88. The maximum atomic E-state index is 12.0. The van der Waals surface area contributed by atoms with E-state index in [4.69, 9.17) is 11.6 Å². The molecule has 0 N–H and O–H groups in total. The maximum absolute atomic E-state index is 12.0. The molecule has 0 bridgehead atoms. The molecule has 6 nitrogen and oxygen atoms in total. The van der Waals surface area contributed by atoms with Gasteiger partial charge in [-0.2, -0.15) is 0 Å². The largest absolute Gasteiger partial charge is 0.327 e. The second-order valence-electron chi connectivity index (χ2n) is 6.61. The van der Waals surface area contributed by atoms with Gasteiger partial charge >= 0.3 is 0 Å². The topological polar surface area (TPSA) is 68.1 Å². The maximum Gasteiger partial charge on any atom is 0.211 e. The molecule has 1 saturated heterocycles. The van der Waals surface area contributed by atoms with Crippen LogP contribution >= 0.6 is 11.6 Å². The predicted octanol–water partition coefficient (Wildman–Crippen LogP) is 3.35. The number of piperidine rings is 1. The van der Waals surface area contributed by atoms with Gasteiger partial charge in [0.2, 0.25) is 10.0 Å². The van der Waals surface area contributed by atoms with Crippen LogP contribution in [0.15, 0.2) is 42.9 Å². The highest BCUT2D eigenvalue weighted by atomic mass is 35.5. The summed E-state index contributed by atoms with van der Waals surface area (Å²) in [5.74, 6) is 0. The number of hydrogen-bond donors (Lipinski definition) is 0. The average Bonchev–Trinajstić information content (AvgIpc) is 3.01. The Morgan fingerprint density at radius 1 is 1.23 bits per heavy atom. The summed E-state index contributed by atoms with van der Waals surface area (Å²) in [6.07, 6.45) is 8.53. The third-order valence-electron chi connectivity index (χ3n) is 4.85. The molecule has 3 aromatic heterocycles. The Hall–Kier alpha value is -1.96. The summed E-state index contributed by atoms with van der Waals surface area (Å²) in [5.41, 5.74) is 2.85. The Morgan fingerprint density at radius 2 is 2.08 bits per heavy atom. The van der Waals surface area contributed by atoms with E-state index in [0.717, 1.165) is 35.0 Å². The summed E-state index contributed by atoms with van der Waals surface area (Å²) in [7, 11) is -3.20. The van der Waals surface area contributed by atoms with Crippen LogP contribution in [0.3, 0.4) is 0 Å². The van der Waals surface area contributed by atoms with Crippen molar-refractivity contribution in [3.63, 3.8) is 0 Å². The molecule has 1 atom stereocenters. The lowest BCUT2D eigenvalue weighted by molar-refractivity contribution is 0.272. The molecule has 3 aromatic rings. The standard InChI is InChI=1S/C18H19ClN4O2S/c1-26(24,25)22-9-3-4-14(11-22)23-12-16(13-6-8-20-17(19)10-13)15-5-2-7-21-18(15)23/h2,5-8,10,12,14H,3-4,9,11H2,1H3. The summed E-state index contributed by atoms with van der Waals surface area (Å²) in [6.45, 7) is 1.05. The van der Waals surface area contributed by atoms with Crippen molar-refractivity contribution >= 4 is 32.7 Å². The number of aromatic nitrogens is 3. The van der Waals surface area contributed by atoms with Crippen LogP contribution in [0.1, 0.15) is 18.9 Å². The Morgan fingerprint density at radius 3 is 2.85 bits per heavy atom. The summed E-state index contributed by atoms with van der Waals surface area (Å²) in [4.78, 5) is 8.61. The molecule has 4 rings (SSSR count). The van der Waals surface area contributed by atoms with Crippen molar-refractivity contribution in [3.05, 3.63) is 48.0 Å². The van der Waals surface area contributed by atoms with Gasteiger partial charge in [-0.15, -0.1) is 0 Å². The van der Waals surface area contributed by atoms with Crippen molar-refractivity contribution in [2.24, 2.45) is 0 Å². The number of hydrogen-bond acceptors (Lipinski definition) is 4. The second-order valence-corrected chi connectivity index (χ2v) is 8.98. The first-order chi connectivity index (χ1) is 12.4. The fourth-order valence-electron chi connectivity index (χ4n) is 3.61. The third kappa shape index (κ3) is 3.22. The molecule has 0 aliphatic carbocycles. The van der Waals surface area contributed by atoms with Gasteiger partial charge in [0.15, 0.2) is 0 Å². The van der Waals surface area contributed by atoms with E-state index in [1.807, 2.05) is 24.3 Å². The number of fused-ring (bicyclic) bond motifs is 1. The Labute approximate surface area is 157 Å². The zero-order chi connectivity index (χ0) is 18.3. The zero-order valence-corrected chi connectivity index (χ0v) is 15.9. The molecule has 0 saturated carbocycles. The van der Waals surface area contributed by atoms with E-state index in [1.165, 1.54) is 6.26 Å². The molecule has 1 unspecified atom stereocenters. The van der Waals surface area contributed by atoms with Crippen molar-refractivity contribution in [2.75, 3.05) is 19.3 Å². The van der Waals surface area contributed by atoms with Gasteiger partial charge in [0.05, 0.1) is 6.26 Å². The molecule has 26 heavy (non-hydrogen) atoms. The number of halogens is 1. The number of sulfonamides is 1. The van der Waals surface area contributed by atoms with Gasteiger partial charge in [0, 0.05) is 48.7 Å². The van der Waals surface area contributed by atoms with Crippen molar-refractivity contribution < 1.29 is 8.42 Å². The summed E-state index contributed by atoms with van der Waals surface area (Å²) in [6, 6.07) is 7.74. The first-order valence-electron chi connectivity index (χ1n) is 8.46. The SMILES string of the molecule is CS(=O)(=O)N1CCCC(n2cc(-c3ccnc(Cl)c3)c3cccnc32)C1. The van der Waals surface area contributed by atoms with Gasteiger partial charge in [-0.25, -0.2) is 22.7 Å². The second kappa shape index (κ2) is 6.64. The van der Waals surface area contributed by atoms with E-state index in [9.17, 15) is 8.42 Å². The first kappa shape index (κ1) is 17.5. The van der Waals surface area contributed by atoms with Crippen molar-refractivity contribution in [2.45, 2.75) is 18.9 Å². The lowest BCUT2D eigenvalue weighted by Gasteiger charge is -2.32. The highest BCUT2D eigenvalue weighted by Crippen LogP contribution is 2.34. The fraction of sp³-hybridized carbons (Fsp3) is 0.333. The zero-order valence-electron chi connectivity index (χ0n) is 14.3. The van der Waals surface area contributed by atoms with Crippen LogP contribution in [0.25, 0.3) is 22.2 Å². The quantitative estimate of drug-likeness (QED) is 0.643. The van der Waals surface area contributed by atoms with Crippen molar-refractivity contribution in [1.82, 2.24) is 18.8 Å². The number of rotatable bonds is 3. The van der Waals surface area contributed by atoms with Gasteiger partial charge in [-0.1, -0.05) is 11.6 Å². The minimum Gasteiger partial charge on any atom is -0.327 e. The molecular weight excluding hydrogens is 372 g/mol. The number of nitrogens with zero attached hydrogens (tertiary/aromatic N) is 4. The van der Waals surface area contributed by atoms with Crippen LogP contribution in [-0.4, -0.2) is 46.6 Å². The van der Waals surface area contributed by atoms with E-state index in [-0.39, 0.29) is 6.04 Å². The minimum absolute atomic E-state index is 0.0573. The molecule has 1 aliphatic heterocycles. The van der Waals surface area contributed by atoms with Crippen LogP contribution < -0.4 is 0 Å². The third-order valence-corrected chi connectivity index (χ3v) is 6.33. The Bertz CT molecular complexity index is 1060. The lowest BCUT2D eigenvalue weighted by atomic mass is 10.1. The molecule has 8 heteroatoms. The van der Waals surface area contributed by atoms with Crippen LogP contribution in [-0.2, 0) is 10.0 Å². The highest BCUT2D eigenvalue weighted by Gasteiger charge is 2.28. The predicted molar refractivity (Wildman–Crippen MR) is 103 cm³/mol. The molecule has 1 aliphatic rings. The Balaban J connectivity index is 1.81. The minimum atomic E-state index is -3.20. The van der Waals surface area contributed by atoms with Gasteiger partial charge in [0.1, 0.15) is 10.8 Å². The lowest BCUT2D eigenvalue weighted by Crippen LogP contribution is -2.39. The molecule has 1 fully saturated rings. The summed E-state index contributed by atoms with van der Waals surface area (Å²) >= 11 is 6.06.